The van der Waals surface area contributed by atoms with Gasteiger partial charge in [-0.1, -0.05) is 6.07 Å². The molecule has 2 aliphatic heterocycles. The molecule has 2 aromatic rings. The summed E-state index contributed by atoms with van der Waals surface area (Å²) in [5, 5.41) is 0. The summed E-state index contributed by atoms with van der Waals surface area (Å²) >= 11 is 0. The van der Waals surface area contributed by atoms with Crippen LogP contribution < -0.4 is 23.7 Å². The van der Waals surface area contributed by atoms with Gasteiger partial charge < -0.3 is 23.7 Å². The molecule has 9 nitrogen and oxygen atoms in total. The van der Waals surface area contributed by atoms with Crippen LogP contribution in [-0.2, 0) is 14.8 Å². The van der Waals surface area contributed by atoms with Gasteiger partial charge in [0.2, 0.25) is 16.8 Å². The van der Waals surface area contributed by atoms with Gasteiger partial charge in [0.25, 0.3) is 0 Å². The molecule has 0 aliphatic carbocycles. The number of morpholine rings is 1. The molecule has 2 heterocycles. The summed E-state index contributed by atoms with van der Waals surface area (Å²) < 4.78 is 55.9. The van der Waals surface area contributed by atoms with Crippen molar-refractivity contribution in [3.05, 3.63) is 42.0 Å². The first-order chi connectivity index (χ1) is 15.0. The molecule has 1 fully saturated rings. The van der Waals surface area contributed by atoms with Crippen molar-refractivity contribution in [2.75, 3.05) is 53.9 Å². The van der Waals surface area contributed by atoms with E-state index >= 15 is 0 Å². The van der Waals surface area contributed by atoms with Crippen LogP contribution in [0, 0.1) is 0 Å². The van der Waals surface area contributed by atoms with Crippen molar-refractivity contribution in [1.29, 1.82) is 0 Å². The van der Waals surface area contributed by atoms with Crippen molar-refractivity contribution in [3.63, 3.8) is 0 Å². The predicted molar refractivity (Wildman–Crippen MR) is 120 cm³/mol. The van der Waals surface area contributed by atoms with Gasteiger partial charge in [-0.25, -0.2) is 13.1 Å². The monoisotopic (exact) mass is 486 g/mol. The van der Waals surface area contributed by atoms with Crippen molar-refractivity contribution >= 4 is 22.4 Å². The molecule has 0 aromatic heterocycles. The lowest BCUT2D eigenvalue weighted by atomic mass is 10.0. The van der Waals surface area contributed by atoms with Gasteiger partial charge in [-0.3, -0.25) is 4.90 Å². The SMILES string of the molecule is COc1ccc(OC)c(S(=O)(=O)NCC(c2ccc3c(c2)OCO3)N2CCOCC2)c1.Cl. The number of fused-ring (bicyclic) bond motifs is 1. The number of halogens is 1. The summed E-state index contributed by atoms with van der Waals surface area (Å²) in [4.78, 5) is 2.23. The Morgan fingerprint density at radius 2 is 1.78 bits per heavy atom. The van der Waals surface area contributed by atoms with Crippen molar-refractivity contribution in [2.45, 2.75) is 10.9 Å². The third-order valence-electron chi connectivity index (χ3n) is 5.39. The third-order valence-corrected chi connectivity index (χ3v) is 6.84. The fraction of sp³-hybridized carbons (Fsp3) is 0.429. The van der Waals surface area contributed by atoms with Crippen molar-refractivity contribution in [3.8, 4) is 23.0 Å². The maximum absolute atomic E-state index is 13.2. The van der Waals surface area contributed by atoms with Gasteiger partial charge >= 0.3 is 0 Å². The average molecular weight is 487 g/mol. The number of rotatable bonds is 8. The Bertz CT molecular complexity index is 1030. The molecule has 4 rings (SSSR count). The summed E-state index contributed by atoms with van der Waals surface area (Å²) in [5.41, 5.74) is 0.937. The van der Waals surface area contributed by atoms with E-state index in [0.717, 1.165) is 5.56 Å². The van der Waals surface area contributed by atoms with Crippen molar-refractivity contribution < 1.29 is 32.1 Å². The number of hydrogen-bond acceptors (Lipinski definition) is 8. The second-order valence-electron chi connectivity index (χ2n) is 7.15. The van der Waals surface area contributed by atoms with E-state index in [-0.39, 0.29) is 42.4 Å². The molecule has 2 aliphatic rings. The van der Waals surface area contributed by atoms with Crippen molar-refractivity contribution in [2.24, 2.45) is 0 Å². The standard InChI is InChI=1S/C21H26N2O7S.ClH/c1-26-16-4-6-19(27-2)21(12-16)31(24,25)22-13-17(23-7-9-28-10-8-23)15-3-5-18-20(11-15)30-14-29-18;/h3-6,11-12,17,22H,7-10,13-14H2,1-2H3;1H. The number of hydrogen-bond donors (Lipinski definition) is 1. The Hall–Kier alpha value is -2.24. The molecule has 0 spiro atoms. The van der Waals surface area contributed by atoms with Crippen LogP contribution in [0.1, 0.15) is 11.6 Å². The van der Waals surface area contributed by atoms with E-state index in [1.165, 1.54) is 20.3 Å². The molecular formula is C21H27ClN2O7S. The lowest BCUT2D eigenvalue weighted by Crippen LogP contribution is -2.43. The average Bonchev–Trinajstić information content (AvgIpc) is 3.27. The van der Waals surface area contributed by atoms with E-state index in [1.807, 2.05) is 18.2 Å². The van der Waals surface area contributed by atoms with E-state index in [9.17, 15) is 8.42 Å². The van der Waals surface area contributed by atoms with Gasteiger partial charge in [0.1, 0.15) is 16.4 Å². The second kappa shape index (κ2) is 10.6. The first-order valence-electron chi connectivity index (χ1n) is 9.95. The van der Waals surface area contributed by atoms with Crippen LogP contribution in [0.25, 0.3) is 0 Å². The van der Waals surface area contributed by atoms with E-state index in [0.29, 0.717) is 43.6 Å². The fourth-order valence-electron chi connectivity index (χ4n) is 3.73. The number of ether oxygens (including phenoxy) is 5. The summed E-state index contributed by atoms with van der Waals surface area (Å²) in [6, 6.07) is 10.2. The summed E-state index contributed by atoms with van der Waals surface area (Å²) in [5.74, 6) is 2.03. The topological polar surface area (TPSA) is 95.6 Å². The quantitative estimate of drug-likeness (QED) is 0.606. The van der Waals surface area contributed by atoms with Crippen LogP contribution in [0.4, 0.5) is 0 Å². The number of nitrogens with zero attached hydrogens (tertiary/aromatic N) is 1. The predicted octanol–water partition coefficient (Wildman–Crippen LogP) is 2.21. The van der Waals surface area contributed by atoms with E-state index in [2.05, 4.69) is 9.62 Å². The van der Waals surface area contributed by atoms with Crippen LogP contribution in [0.5, 0.6) is 23.0 Å². The number of sulfonamides is 1. The minimum Gasteiger partial charge on any atom is -0.497 e. The molecule has 1 atom stereocenters. The Balaban J connectivity index is 0.00000289. The number of methoxy groups -OCH3 is 2. The molecule has 1 saturated heterocycles. The second-order valence-corrected chi connectivity index (χ2v) is 8.88. The highest BCUT2D eigenvalue weighted by Crippen LogP contribution is 2.36. The summed E-state index contributed by atoms with van der Waals surface area (Å²) in [6.45, 7) is 2.94. The van der Waals surface area contributed by atoms with E-state index < -0.39 is 10.0 Å². The number of nitrogens with one attached hydrogen (secondary N) is 1. The molecule has 11 heteroatoms. The number of benzene rings is 2. The van der Waals surface area contributed by atoms with Gasteiger partial charge in [0.05, 0.1) is 27.4 Å². The fourth-order valence-corrected chi connectivity index (χ4v) is 4.95. The minimum atomic E-state index is -3.86. The Morgan fingerprint density at radius 1 is 1.03 bits per heavy atom. The summed E-state index contributed by atoms with van der Waals surface area (Å²) in [6.07, 6.45) is 0. The molecule has 176 valence electrons. The molecule has 0 saturated carbocycles. The first kappa shape index (κ1) is 24.4. The van der Waals surface area contributed by atoms with Crippen LogP contribution in [0.15, 0.2) is 41.3 Å². The van der Waals surface area contributed by atoms with Crippen LogP contribution >= 0.6 is 12.4 Å². The Morgan fingerprint density at radius 3 is 2.50 bits per heavy atom. The van der Waals surface area contributed by atoms with E-state index in [4.69, 9.17) is 23.7 Å². The highest BCUT2D eigenvalue weighted by Gasteiger charge is 2.28. The molecule has 32 heavy (non-hydrogen) atoms. The molecule has 2 aromatic carbocycles. The van der Waals surface area contributed by atoms with Gasteiger partial charge in [0.15, 0.2) is 11.5 Å². The Labute approximate surface area is 194 Å². The smallest absolute Gasteiger partial charge is 0.244 e. The first-order valence-corrected chi connectivity index (χ1v) is 11.4. The summed E-state index contributed by atoms with van der Waals surface area (Å²) in [7, 11) is -0.937. The minimum absolute atomic E-state index is 0. The molecule has 0 bridgehead atoms. The van der Waals surface area contributed by atoms with E-state index in [1.54, 1.807) is 12.1 Å². The molecule has 1 unspecified atom stereocenters. The zero-order valence-electron chi connectivity index (χ0n) is 17.9. The zero-order chi connectivity index (χ0) is 21.8. The molecule has 0 radical (unpaired) electrons. The third kappa shape index (κ3) is 5.21. The molecule has 1 N–H and O–H groups in total. The lowest BCUT2D eigenvalue weighted by molar-refractivity contribution is 0.0171. The van der Waals surface area contributed by atoms with Gasteiger partial charge in [-0.2, -0.15) is 0 Å². The highest BCUT2D eigenvalue weighted by molar-refractivity contribution is 7.89. The highest BCUT2D eigenvalue weighted by atomic mass is 35.5. The van der Waals surface area contributed by atoms with Crippen LogP contribution in [0.3, 0.4) is 0 Å². The van der Waals surface area contributed by atoms with Crippen LogP contribution in [0.2, 0.25) is 0 Å². The maximum atomic E-state index is 13.2. The maximum Gasteiger partial charge on any atom is 0.244 e. The Kier molecular flexibility index (Phi) is 8.07. The van der Waals surface area contributed by atoms with Crippen LogP contribution in [-0.4, -0.2) is 67.2 Å². The lowest BCUT2D eigenvalue weighted by Gasteiger charge is -2.35. The van der Waals surface area contributed by atoms with Crippen molar-refractivity contribution in [1.82, 2.24) is 9.62 Å². The molecule has 0 amide bonds. The largest absolute Gasteiger partial charge is 0.497 e. The molecular weight excluding hydrogens is 460 g/mol. The van der Waals surface area contributed by atoms with Gasteiger partial charge in [-0.05, 0) is 29.8 Å². The van der Waals surface area contributed by atoms with Gasteiger partial charge in [0, 0.05) is 31.7 Å². The zero-order valence-corrected chi connectivity index (χ0v) is 19.5. The normalized spacial score (nSPS) is 16.8. The van der Waals surface area contributed by atoms with Gasteiger partial charge in [-0.15, -0.1) is 12.4 Å².